The maximum atomic E-state index is 10.0. The summed E-state index contributed by atoms with van der Waals surface area (Å²) < 4.78 is 0. The van der Waals surface area contributed by atoms with E-state index >= 15 is 0 Å². The average Bonchev–Trinajstić information content (AvgIpc) is 2.78. The van der Waals surface area contributed by atoms with Gasteiger partial charge >= 0.3 is 0 Å². The van der Waals surface area contributed by atoms with Crippen LogP contribution >= 0.6 is 0 Å². The summed E-state index contributed by atoms with van der Waals surface area (Å²) in [4.78, 5) is 2.52. The molecule has 2 atom stereocenters. The third-order valence-corrected chi connectivity index (χ3v) is 5.09. The number of hydrogen-bond acceptors (Lipinski definition) is 3. The van der Waals surface area contributed by atoms with Crippen LogP contribution in [0.15, 0.2) is 30.3 Å². The molecule has 0 bridgehead atoms. The summed E-state index contributed by atoms with van der Waals surface area (Å²) in [6.07, 6.45) is 5.21. The Balaban J connectivity index is 2.09. The highest BCUT2D eigenvalue weighted by atomic mass is 16.3. The number of hydrogen-bond donors (Lipinski definition) is 2. The topological polar surface area (TPSA) is 35.5 Å². The standard InChI is InChI=1S/C18H30N2O/c1-3-16-8-7-12-20(13-11-16)14-18(15-21,19-2)17-9-5-4-6-10-17/h4-6,9-10,16,19,21H,3,7-8,11-15H2,1-2H3. The summed E-state index contributed by atoms with van der Waals surface area (Å²) in [6.45, 7) is 5.60. The first-order chi connectivity index (χ1) is 10.2. The predicted molar refractivity (Wildman–Crippen MR) is 88.3 cm³/mol. The Kier molecular flexibility index (Phi) is 6.22. The molecule has 2 unspecified atom stereocenters. The summed E-state index contributed by atoms with van der Waals surface area (Å²) in [5.41, 5.74) is 0.819. The Labute approximate surface area is 129 Å². The lowest BCUT2D eigenvalue weighted by Gasteiger charge is -2.37. The van der Waals surface area contributed by atoms with E-state index in [1.165, 1.54) is 31.2 Å². The molecule has 1 aromatic carbocycles. The highest BCUT2D eigenvalue weighted by Crippen LogP contribution is 2.25. The van der Waals surface area contributed by atoms with Crippen LogP contribution in [0.2, 0.25) is 0 Å². The lowest BCUT2D eigenvalue weighted by molar-refractivity contribution is 0.113. The number of likely N-dealkylation sites (N-methyl/N-ethyl adjacent to an activating group) is 1. The van der Waals surface area contributed by atoms with E-state index in [0.717, 1.165) is 25.6 Å². The highest BCUT2D eigenvalue weighted by molar-refractivity contribution is 5.25. The van der Waals surface area contributed by atoms with E-state index in [-0.39, 0.29) is 12.1 Å². The number of rotatable bonds is 6. The van der Waals surface area contributed by atoms with Gasteiger partial charge in [-0.1, -0.05) is 43.7 Å². The summed E-state index contributed by atoms with van der Waals surface area (Å²) in [6, 6.07) is 10.3. The molecule has 118 valence electrons. The molecule has 0 amide bonds. The van der Waals surface area contributed by atoms with Crippen molar-refractivity contribution < 1.29 is 5.11 Å². The smallest absolute Gasteiger partial charge is 0.0795 e. The number of aliphatic hydroxyl groups is 1. The van der Waals surface area contributed by atoms with Gasteiger partial charge in [0, 0.05) is 6.54 Å². The quantitative estimate of drug-likeness (QED) is 0.845. The van der Waals surface area contributed by atoms with E-state index < -0.39 is 0 Å². The summed E-state index contributed by atoms with van der Waals surface area (Å²) >= 11 is 0. The fraction of sp³-hybridized carbons (Fsp3) is 0.667. The molecule has 2 N–H and O–H groups in total. The van der Waals surface area contributed by atoms with E-state index in [9.17, 15) is 5.11 Å². The molecule has 3 nitrogen and oxygen atoms in total. The first-order valence-electron chi connectivity index (χ1n) is 8.31. The monoisotopic (exact) mass is 290 g/mol. The van der Waals surface area contributed by atoms with Crippen LogP contribution in [0.3, 0.4) is 0 Å². The van der Waals surface area contributed by atoms with Gasteiger partial charge in [-0.05, 0) is 50.9 Å². The van der Waals surface area contributed by atoms with Gasteiger partial charge in [0.1, 0.15) is 0 Å². The molecule has 0 saturated carbocycles. The Morgan fingerprint density at radius 3 is 2.62 bits per heavy atom. The van der Waals surface area contributed by atoms with Crippen LogP contribution in [0.4, 0.5) is 0 Å². The largest absolute Gasteiger partial charge is 0.394 e. The lowest BCUT2D eigenvalue weighted by Crippen LogP contribution is -2.52. The molecule has 21 heavy (non-hydrogen) atoms. The van der Waals surface area contributed by atoms with E-state index in [2.05, 4.69) is 29.3 Å². The van der Waals surface area contributed by atoms with Crippen LogP contribution in [0.5, 0.6) is 0 Å². The molecule has 1 aliphatic rings. The third-order valence-electron chi connectivity index (χ3n) is 5.09. The van der Waals surface area contributed by atoms with Gasteiger partial charge in [-0.25, -0.2) is 0 Å². The second kappa shape index (κ2) is 7.92. The minimum Gasteiger partial charge on any atom is -0.394 e. The second-order valence-electron chi connectivity index (χ2n) is 6.34. The number of aliphatic hydroxyl groups excluding tert-OH is 1. The van der Waals surface area contributed by atoms with Crippen molar-refractivity contribution in [3.8, 4) is 0 Å². The van der Waals surface area contributed by atoms with Crippen molar-refractivity contribution in [2.75, 3.05) is 33.3 Å². The van der Waals surface area contributed by atoms with Crippen molar-refractivity contribution in [1.82, 2.24) is 10.2 Å². The fourth-order valence-electron chi connectivity index (χ4n) is 3.47. The van der Waals surface area contributed by atoms with E-state index in [4.69, 9.17) is 0 Å². The minimum atomic E-state index is -0.354. The van der Waals surface area contributed by atoms with Gasteiger partial charge in [0.05, 0.1) is 12.1 Å². The van der Waals surface area contributed by atoms with Crippen LogP contribution in [-0.4, -0.2) is 43.3 Å². The zero-order chi connectivity index (χ0) is 15.1. The lowest BCUT2D eigenvalue weighted by atomic mass is 9.90. The molecule has 0 aromatic heterocycles. The maximum Gasteiger partial charge on any atom is 0.0795 e. The molecule has 1 fully saturated rings. The Bertz CT molecular complexity index is 403. The van der Waals surface area contributed by atoms with Gasteiger partial charge in [0.15, 0.2) is 0 Å². The molecule has 2 rings (SSSR count). The van der Waals surface area contributed by atoms with Gasteiger partial charge in [0.25, 0.3) is 0 Å². The van der Waals surface area contributed by atoms with Crippen molar-refractivity contribution in [3.63, 3.8) is 0 Å². The van der Waals surface area contributed by atoms with Crippen molar-refractivity contribution >= 4 is 0 Å². The van der Waals surface area contributed by atoms with Crippen LogP contribution in [0.1, 0.15) is 38.2 Å². The normalized spacial score (nSPS) is 23.5. The minimum absolute atomic E-state index is 0.126. The molecule has 1 aliphatic heterocycles. The third kappa shape index (κ3) is 4.06. The van der Waals surface area contributed by atoms with Crippen LogP contribution in [-0.2, 0) is 5.54 Å². The molecule has 3 heteroatoms. The molecule has 1 saturated heterocycles. The Hall–Kier alpha value is -0.900. The number of nitrogens with zero attached hydrogens (tertiary/aromatic N) is 1. The van der Waals surface area contributed by atoms with Crippen molar-refractivity contribution in [2.24, 2.45) is 5.92 Å². The molecule has 0 aliphatic carbocycles. The molecule has 1 aromatic rings. The van der Waals surface area contributed by atoms with Crippen molar-refractivity contribution in [2.45, 2.75) is 38.1 Å². The zero-order valence-electron chi connectivity index (χ0n) is 13.5. The van der Waals surface area contributed by atoms with Gasteiger partial charge in [-0.15, -0.1) is 0 Å². The Morgan fingerprint density at radius 1 is 1.24 bits per heavy atom. The van der Waals surface area contributed by atoms with Crippen LogP contribution < -0.4 is 5.32 Å². The summed E-state index contributed by atoms with van der Waals surface area (Å²) in [5.74, 6) is 0.879. The Morgan fingerprint density at radius 2 is 2.00 bits per heavy atom. The first-order valence-corrected chi connectivity index (χ1v) is 8.31. The zero-order valence-corrected chi connectivity index (χ0v) is 13.5. The van der Waals surface area contributed by atoms with Gasteiger partial charge in [-0.3, -0.25) is 0 Å². The van der Waals surface area contributed by atoms with Crippen molar-refractivity contribution in [1.29, 1.82) is 0 Å². The number of benzene rings is 1. The summed E-state index contributed by atoms with van der Waals surface area (Å²) in [7, 11) is 1.95. The van der Waals surface area contributed by atoms with Crippen molar-refractivity contribution in [3.05, 3.63) is 35.9 Å². The molecule has 1 heterocycles. The average molecular weight is 290 g/mol. The van der Waals surface area contributed by atoms with Crippen LogP contribution in [0, 0.1) is 5.92 Å². The van der Waals surface area contributed by atoms with E-state index in [0.29, 0.717) is 0 Å². The van der Waals surface area contributed by atoms with Crippen LogP contribution in [0.25, 0.3) is 0 Å². The van der Waals surface area contributed by atoms with E-state index in [1.807, 2.05) is 25.2 Å². The highest BCUT2D eigenvalue weighted by Gasteiger charge is 2.32. The molecular formula is C18H30N2O. The van der Waals surface area contributed by atoms with Gasteiger partial charge < -0.3 is 15.3 Å². The number of likely N-dealkylation sites (tertiary alicyclic amines) is 1. The molecule has 0 spiro atoms. The fourth-order valence-corrected chi connectivity index (χ4v) is 3.47. The van der Waals surface area contributed by atoms with Gasteiger partial charge in [-0.2, -0.15) is 0 Å². The molecule has 0 radical (unpaired) electrons. The predicted octanol–water partition coefficient (Wildman–Crippen LogP) is 2.61. The SMILES string of the molecule is CCC1CCCN(CC(CO)(NC)c2ccccc2)CC1. The summed E-state index contributed by atoms with van der Waals surface area (Å²) in [5, 5.41) is 13.4. The number of nitrogens with one attached hydrogen (secondary N) is 1. The van der Waals surface area contributed by atoms with E-state index in [1.54, 1.807) is 0 Å². The molecular weight excluding hydrogens is 260 g/mol. The van der Waals surface area contributed by atoms with Gasteiger partial charge in [0.2, 0.25) is 0 Å². The second-order valence-corrected chi connectivity index (χ2v) is 6.34. The maximum absolute atomic E-state index is 10.0. The first kappa shape index (κ1) is 16.5.